The van der Waals surface area contributed by atoms with Crippen LogP contribution in [0.1, 0.15) is 41.6 Å². The van der Waals surface area contributed by atoms with Crippen molar-refractivity contribution < 1.29 is 14.6 Å². The summed E-state index contributed by atoms with van der Waals surface area (Å²) in [6, 6.07) is 7.16. The summed E-state index contributed by atoms with van der Waals surface area (Å²) in [6.07, 6.45) is 1.40. The maximum absolute atomic E-state index is 11.3. The number of aromatic nitrogens is 2. The minimum atomic E-state index is -1.14. The van der Waals surface area contributed by atoms with Crippen molar-refractivity contribution in [2.45, 2.75) is 26.4 Å². The number of hydrogen-bond acceptors (Lipinski definition) is 4. The van der Waals surface area contributed by atoms with E-state index < -0.39 is 5.97 Å². The summed E-state index contributed by atoms with van der Waals surface area (Å²) in [5.74, 6) is -0.472. The second-order valence-corrected chi connectivity index (χ2v) is 5.26. The van der Waals surface area contributed by atoms with Crippen molar-refractivity contribution in [3.05, 3.63) is 52.6 Å². The highest BCUT2D eigenvalue weighted by atomic mass is 35.5. The predicted octanol–water partition coefficient (Wildman–Crippen LogP) is 3.53. The minimum Gasteiger partial charge on any atom is -0.485 e. The lowest BCUT2D eigenvalue weighted by atomic mass is 10.2. The molecule has 2 aromatic rings. The summed E-state index contributed by atoms with van der Waals surface area (Å²) >= 11 is 5.89. The molecule has 0 atom stereocenters. The Bertz CT molecular complexity index is 659. The van der Waals surface area contributed by atoms with E-state index in [1.807, 2.05) is 19.9 Å². The van der Waals surface area contributed by atoms with Crippen LogP contribution in [0.3, 0.4) is 0 Å². The van der Waals surface area contributed by atoms with Gasteiger partial charge in [-0.2, -0.15) is 0 Å². The third kappa shape index (κ3) is 3.92. The second-order valence-electron chi connectivity index (χ2n) is 4.82. The van der Waals surface area contributed by atoms with Gasteiger partial charge in [0.15, 0.2) is 11.4 Å². The second kappa shape index (κ2) is 6.54. The van der Waals surface area contributed by atoms with Gasteiger partial charge < -0.3 is 9.84 Å². The standard InChI is InChI=1S/C15H15ClN2O3/c1-9(2)14-17-7-12(13(18-14)15(19)20)21-8-10-4-3-5-11(16)6-10/h3-7,9H,8H2,1-2H3,(H,19,20). The van der Waals surface area contributed by atoms with Crippen molar-refractivity contribution in [2.24, 2.45) is 0 Å². The van der Waals surface area contributed by atoms with Gasteiger partial charge in [-0.15, -0.1) is 0 Å². The molecule has 2 rings (SSSR count). The molecule has 0 radical (unpaired) electrons. The predicted molar refractivity (Wildman–Crippen MR) is 78.9 cm³/mol. The Kier molecular flexibility index (Phi) is 4.75. The number of carboxylic acids is 1. The van der Waals surface area contributed by atoms with E-state index in [4.69, 9.17) is 16.3 Å². The largest absolute Gasteiger partial charge is 0.485 e. The molecular formula is C15H15ClN2O3. The van der Waals surface area contributed by atoms with Gasteiger partial charge in [0.1, 0.15) is 12.4 Å². The first kappa shape index (κ1) is 15.3. The first-order valence-electron chi connectivity index (χ1n) is 6.45. The van der Waals surface area contributed by atoms with Gasteiger partial charge in [-0.05, 0) is 17.7 Å². The van der Waals surface area contributed by atoms with Gasteiger partial charge in [0, 0.05) is 10.9 Å². The molecule has 0 spiro atoms. The van der Waals surface area contributed by atoms with E-state index in [0.29, 0.717) is 10.8 Å². The maximum atomic E-state index is 11.3. The molecule has 0 bridgehead atoms. The molecule has 0 unspecified atom stereocenters. The first-order valence-corrected chi connectivity index (χ1v) is 6.82. The number of benzene rings is 1. The molecule has 1 N–H and O–H groups in total. The van der Waals surface area contributed by atoms with E-state index in [1.165, 1.54) is 6.20 Å². The van der Waals surface area contributed by atoms with Crippen molar-refractivity contribution in [1.82, 2.24) is 9.97 Å². The number of nitrogens with zero attached hydrogens (tertiary/aromatic N) is 2. The topological polar surface area (TPSA) is 72.3 Å². The van der Waals surface area contributed by atoms with Crippen LogP contribution in [-0.2, 0) is 6.61 Å². The summed E-state index contributed by atoms with van der Waals surface area (Å²) in [4.78, 5) is 19.4. The zero-order valence-electron chi connectivity index (χ0n) is 11.7. The fourth-order valence-electron chi connectivity index (χ4n) is 1.71. The van der Waals surface area contributed by atoms with Gasteiger partial charge in [0.05, 0.1) is 6.20 Å². The van der Waals surface area contributed by atoms with Crippen LogP contribution in [0.2, 0.25) is 5.02 Å². The molecule has 0 saturated heterocycles. The molecular weight excluding hydrogens is 292 g/mol. The van der Waals surface area contributed by atoms with Gasteiger partial charge in [0.25, 0.3) is 0 Å². The molecule has 0 amide bonds. The van der Waals surface area contributed by atoms with Crippen LogP contribution < -0.4 is 4.74 Å². The number of ether oxygens (including phenoxy) is 1. The maximum Gasteiger partial charge on any atom is 0.358 e. The average Bonchev–Trinajstić information content (AvgIpc) is 2.44. The lowest BCUT2D eigenvalue weighted by molar-refractivity contribution is 0.0684. The Morgan fingerprint density at radius 1 is 1.43 bits per heavy atom. The van der Waals surface area contributed by atoms with Crippen LogP contribution in [0.4, 0.5) is 0 Å². The van der Waals surface area contributed by atoms with Crippen molar-refractivity contribution in [1.29, 1.82) is 0 Å². The summed E-state index contributed by atoms with van der Waals surface area (Å²) in [6.45, 7) is 3.99. The molecule has 5 nitrogen and oxygen atoms in total. The van der Waals surface area contributed by atoms with E-state index in [2.05, 4.69) is 9.97 Å². The number of carboxylic acid groups (broad SMARTS) is 1. The molecule has 0 aliphatic rings. The average molecular weight is 307 g/mol. The van der Waals surface area contributed by atoms with E-state index >= 15 is 0 Å². The quantitative estimate of drug-likeness (QED) is 0.915. The minimum absolute atomic E-state index is 0.0464. The van der Waals surface area contributed by atoms with Crippen LogP contribution in [0, 0.1) is 0 Å². The van der Waals surface area contributed by atoms with E-state index in [0.717, 1.165) is 5.56 Å². The Balaban J connectivity index is 2.21. The Labute approximate surface area is 127 Å². The van der Waals surface area contributed by atoms with Gasteiger partial charge >= 0.3 is 5.97 Å². The molecule has 0 aliphatic heterocycles. The lowest BCUT2D eigenvalue weighted by Crippen LogP contribution is -2.10. The highest BCUT2D eigenvalue weighted by Crippen LogP contribution is 2.20. The number of rotatable bonds is 5. The number of hydrogen-bond donors (Lipinski definition) is 1. The van der Waals surface area contributed by atoms with Crippen LogP contribution in [0.5, 0.6) is 5.75 Å². The number of halogens is 1. The van der Waals surface area contributed by atoms with E-state index in [-0.39, 0.29) is 24.0 Å². The van der Waals surface area contributed by atoms with Crippen LogP contribution in [0.15, 0.2) is 30.5 Å². The van der Waals surface area contributed by atoms with Gasteiger partial charge in [-0.25, -0.2) is 14.8 Å². The SMILES string of the molecule is CC(C)c1ncc(OCc2cccc(Cl)c2)c(C(=O)O)n1. The summed E-state index contributed by atoms with van der Waals surface area (Å²) in [5.41, 5.74) is 0.711. The van der Waals surface area contributed by atoms with Gasteiger partial charge in [-0.3, -0.25) is 0 Å². The van der Waals surface area contributed by atoms with Crippen molar-refractivity contribution in [3.8, 4) is 5.75 Å². The van der Waals surface area contributed by atoms with E-state index in [9.17, 15) is 9.90 Å². The fraction of sp³-hybridized carbons (Fsp3) is 0.267. The molecule has 21 heavy (non-hydrogen) atoms. The Hall–Kier alpha value is -2.14. The molecule has 6 heteroatoms. The molecule has 110 valence electrons. The highest BCUT2D eigenvalue weighted by molar-refractivity contribution is 6.30. The molecule has 0 fully saturated rings. The summed E-state index contributed by atoms with van der Waals surface area (Å²) < 4.78 is 5.51. The van der Waals surface area contributed by atoms with Gasteiger partial charge in [0.2, 0.25) is 0 Å². The molecule has 1 aromatic carbocycles. The smallest absolute Gasteiger partial charge is 0.358 e. The van der Waals surface area contributed by atoms with Crippen LogP contribution in [-0.4, -0.2) is 21.0 Å². The third-order valence-electron chi connectivity index (χ3n) is 2.78. The molecule has 1 heterocycles. The molecule has 0 saturated carbocycles. The van der Waals surface area contributed by atoms with Crippen LogP contribution in [0.25, 0.3) is 0 Å². The number of carbonyl (C=O) groups is 1. The van der Waals surface area contributed by atoms with E-state index in [1.54, 1.807) is 18.2 Å². The summed E-state index contributed by atoms with van der Waals surface area (Å²) in [5, 5.41) is 9.82. The fourth-order valence-corrected chi connectivity index (χ4v) is 1.92. The monoisotopic (exact) mass is 306 g/mol. The van der Waals surface area contributed by atoms with Crippen molar-refractivity contribution in [2.75, 3.05) is 0 Å². The first-order chi connectivity index (χ1) is 9.97. The normalized spacial score (nSPS) is 10.7. The van der Waals surface area contributed by atoms with Crippen molar-refractivity contribution >= 4 is 17.6 Å². The molecule has 0 aliphatic carbocycles. The summed E-state index contributed by atoms with van der Waals surface area (Å²) in [7, 11) is 0. The number of aromatic carboxylic acids is 1. The van der Waals surface area contributed by atoms with Gasteiger partial charge in [-0.1, -0.05) is 37.6 Å². The molecule has 1 aromatic heterocycles. The zero-order valence-corrected chi connectivity index (χ0v) is 12.5. The van der Waals surface area contributed by atoms with Crippen LogP contribution >= 0.6 is 11.6 Å². The third-order valence-corrected chi connectivity index (χ3v) is 3.01. The van der Waals surface area contributed by atoms with Crippen molar-refractivity contribution in [3.63, 3.8) is 0 Å². The highest BCUT2D eigenvalue weighted by Gasteiger charge is 2.17. The lowest BCUT2D eigenvalue weighted by Gasteiger charge is -2.10. The zero-order chi connectivity index (χ0) is 15.4. The Morgan fingerprint density at radius 3 is 2.81 bits per heavy atom. The Morgan fingerprint density at radius 2 is 2.19 bits per heavy atom.